The van der Waals surface area contributed by atoms with Crippen LogP contribution in [0.1, 0.15) is 17.3 Å². The van der Waals surface area contributed by atoms with Crippen LogP contribution >= 0.6 is 12.2 Å². The Balaban J connectivity index is 2.63. The lowest BCUT2D eigenvalue weighted by Gasteiger charge is -2.09. The van der Waals surface area contributed by atoms with Gasteiger partial charge in [-0.05, 0) is 18.3 Å². The molecule has 0 saturated carbocycles. The molecule has 0 bridgehead atoms. The van der Waals surface area contributed by atoms with Gasteiger partial charge in [-0.15, -0.1) is 0 Å². The van der Waals surface area contributed by atoms with Crippen molar-refractivity contribution in [3.05, 3.63) is 39.9 Å². The van der Waals surface area contributed by atoms with Crippen LogP contribution in [0.25, 0.3) is 0 Å². The van der Waals surface area contributed by atoms with E-state index >= 15 is 0 Å². The first-order chi connectivity index (χ1) is 8.90. The van der Waals surface area contributed by atoms with E-state index in [2.05, 4.69) is 16.2 Å². The van der Waals surface area contributed by atoms with E-state index in [4.69, 9.17) is 12.2 Å². The Morgan fingerprint density at radius 1 is 1.32 bits per heavy atom. The molecule has 0 aliphatic rings. The van der Waals surface area contributed by atoms with Gasteiger partial charge in [-0.1, -0.05) is 6.07 Å². The molecule has 0 aromatic heterocycles. The molecule has 0 saturated heterocycles. The SMILES string of the molecule is CC(=O)NC(=S)NNC(=O)c1cccc([N+](=O)[O-])c1. The number of amides is 2. The van der Waals surface area contributed by atoms with Crippen LogP contribution in [0.2, 0.25) is 0 Å². The van der Waals surface area contributed by atoms with Crippen molar-refractivity contribution in [2.24, 2.45) is 0 Å². The van der Waals surface area contributed by atoms with Crippen LogP contribution in [0.4, 0.5) is 5.69 Å². The van der Waals surface area contributed by atoms with E-state index in [1.54, 1.807) is 0 Å². The summed E-state index contributed by atoms with van der Waals surface area (Å²) >= 11 is 4.70. The van der Waals surface area contributed by atoms with Gasteiger partial charge < -0.3 is 5.32 Å². The standard InChI is InChI=1S/C10H10N4O4S/c1-6(15)11-10(19)13-12-9(16)7-3-2-4-8(5-7)14(17)18/h2-5H,1H3,(H,12,16)(H2,11,13,15,19). The number of hydrazine groups is 1. The highest BCUT2D eigenvalue weighted by atomic mass is 32.1. The van der Waals surface area contributed by atoms with Crippen LogP contribution < -0.4 is 16.2 Å². The number of rotatable bonds is 2. The van der Waals surface area contributed by atoms with Crippen LogP contribution in [0.5, 0.6) is 0 Å². The van der Waals surface area contributed by atoms with Gasteiger partial charge in [0.25, 0.3) is 11.6 Å². The van der Waals surface area contributed by atoms with Crippen LogP contribution in [-0.2, 0) is 4.79 Å². The zero-order valence-electron chi connectivity index (χ0n) is 9.80. The van der Waals surface area contributed by atoms with Crippen molar-refractivity contribution < 1.29 is 14.5 Å². The molecule has 0 unspecified atom stereocenters. The maximum absolute atomic E-state index is 11.6. The average Bonchev–Trinajstić information content (AvgIpc) is 2.35. The van der Waals surface area contributed by atoms with Gasteiger partial charge in [-0.25, -0.2) is 0 Å². The fourth-order valence-electron chi connectivity index (χ4n) is 1.14. The fraction of sp³-hybridized carbons (Fsp3) is 0.100. The summed E-state index contributed by atoms with van der Waals surface area (Å²) in [5.74, 6) is -1.00. The van der Waals surface area contributed by atoms with Gasteiger partial charge in [0.15, 0.2) is 5.11 Å². The van der Waals surface area contributed by atoms with E-state index in [0.29, 0.717) is 0 Å². The number of carbonyl (C=O) groups is 2. The monoisotopic (exact) mass is 282 g/mol. The largest absolute Gasteiger partial charge is 0.302 e. The van der Waals surface area contributed by atoms with E-state index in [1.165, 1.54) is 25.1 Å². The maximum atomic E-state index is 11.6. The number of nitrogens with one attached hydrogen (secondary N) is 3. The maximum Gasteiger partial charge on any atom is 0.270 e. The Labute approximate surface area is 113 Å². The Bertz CT molecular complexity index is 546. The molecule has 1 rings (SSSR count). The number of nitrogens with zero attached hydrogens (tertiary/aromatic N) is 1. The number of nitro groups is 1. The highest BCUT2D eigenvalue weighted by molar-refractivity contribution is 7.80. The molecule has 0 fully saturated rings. The first-order valence-electron chi connectivity index (χ1n) is 5.02. The molecule has 0 radical (unpaired) electrons. The van der Waals surface area contributed by atoms with Crippen LogP contribution in [0.15, 0.2) is 24.3 Å². The number of carbonyl (C=O) groups excluding carboxylic acids is 2. The highest BCUT2D eigenvalue weighted by Crippen LogP contribution is 2.12. The number of hydrogen-bond donors (Lipinski definition) is 3. The molecule has 2 amide bonds. The normalized spacial score (nSPS) is 9.32. The van der Waals surface area contributed by atoms with Gasteiger partial charge >= 0.3 is 0 Å². The fourth-order valence-corrected chi connectivity index (χ4v) is 1.33. The van der Waals surface area contributed by atoms with Crippen LogP contribution in [0.3, 0.4) is 0 Å². The molecule has 1 aromatic rings. The molecular weight excluding hydrogens is 272 g/mol. The average molecular weight is 282 g/mol. The molecule has 0 heterocycles. The molecule has 3 N–H and O–H groups in total. The highest BCUT2D eigenvalue weighted by Gasteiger charge is 2.11. The van der Waals surface area contributed by atoms with Crippen molar-refractivity contribution >= 4 is 34.8 Å². The lowest BCUT2D eigenvalue weighted by molar-refractivity contribution is -0.384. The molecule has 19 heavy (non-hydrogen) atoms. The Hall–Kier alpha value is -2.55. The molecule has 100 valence electrons. The van der Waals surface area contributed by atoms with Crippen LogP contribution in [0, 0.1) is 10.1 Å². The van der Waals surface area contributed by atoms with Crippen molar-refractivity contribution in [2.45, 2.75) is 6.92 Å². The molecule has 1 aromatic carbocycles. The number of benzene rings is 1. The molecule has 0 spiro atoms. The summed E-state index contributed by atoms with van der Waals surface area (Å²) in [6, 6.07) is 5.19. The third kappa shape index (κ3) is 4.68. The first kappa shape index (κ1) is 14.5. The molecule has 0 aliphatic carbocycles. The Morgan fingerprint density at radius 3 is 2.58 bits per heavy atom. The number of non-ortho nitro benzene ring substituents is 1. The van der Waals surface area contributed by atoms with Crippen molar-refractivity contribution in [1.29, 1.82) is 0 Å². The van der Waals surface area contributed by atoms with Gasteiger partial charge in [-0.3, -0.25) is 30.6 Å². The predicted molar refractivity (Wildman–Crippen MR) is 70.1 cm³/mol. The summed E-state index contributed by atoms with van der Waals surface area (Å²) in [5, 5.41) is 12.7. The van der Waals surface area contributed by atoms with E-state index in [1.807, 2.05) is 0 Å². The molecule has 8 nitrogen and oxygen atoms in total. The summed E-state index contributed by atoms with van der Waals surface area (Å²) in [4.78, 5) is 32.3. The summed E-state index contributed by atoms with van der Waals surface area (Å²) in [5.41, 5.74) is 4.39. The van der Waals surface area contributed by atoms with Crippen molar-refractivity contribution in [3.8, 4) is 0 Å². The molecular formula is C10H10N4O4S. The zero-order valence-corrected chi connectivity index (χ0v) is 10.6. The van der Waals surface area contributed by atoms with E-state index < -0.39 is 10.8 Å². The smallest absolute Gasteiger partial charge is 0.270 e. The second-order valence-electron chi connectivity index (χ2n) is 3.40. The number of thiocarbonyl (C=S) groups is 1. The first-order valence-corrected chi connectivity index (χ1v) is 5.43. The Kier molecular flexibility index (Phi) is 4.89. The van der Waals surface area contributed by atoms with E-state index in [9.17, 15) is 19.7 Å². The topological polar surface area (TPSA) is 113 Å². The Morgan fingerprint density at radius 2 is 2.00 bits per heavy atom. The minimum Gasteiger partial charge on any atom is -0.302 e. The summed E-state index contributed by atoms with van der Waals surface area (Å²) < 4.78 is 0. The van der Waals surface area contributed by atoms with Gasteiger partial charge in [0.2, 0.25) is 5.91 Å². The predicted octanol–water partition coefficient (Wildman–Crippen LogP) is 0.250. The van der Waals surface area contributed by atoms with Crippen molar-refractivity contribution in [2.75, 3.05) is 0 Å². The lowest BCUT2D eigenvalue weighted by Crippen LogP contribution is -2.47. The molecule has 9 heteroatoms. The molecule has 0 atom stereocenters. The third-order valence-corrected chi connectivity index (χ3v) is 2.10. The quantitative estimate of drug-likeness (QED) is 0.407. The summed E-state index contributed by atoms with van der Waals surface area (Å²) in [7, 11) is 0. The minimum atomic E-state index is -0.614. The lowest BCUT2D eigenvalue weighted by atomic mass is 10.2. The van der Waals surface area contributed by atoms with Gasteiger partial charge in [0, 0.05) is 24.6 Å². The second-order valence-corrected chi connectivity index (χ2v) is 3.81. The van der Waals surface area contributed by atoms with Gasteiger partial charge in [0.1, 0.15) is 0 Å². The van der Waals surface area contributed by atoms with E-state index in [-0.39, 0.29) is 22.3 Å². The number of nitro benzene ring substituents is 1. The summed E-state index contributed by atoms with van der Waals surface area (Å²) in [6.07, 6.45) is 0. The van der Waals surface area contributed by atoms with Crippen molar-refractivity contribution in [3.63, 3.8) is 0 Å². The molecule has 0 aliphatic heterocycles. The summed E-state index contributed by atoms with van der Waals surface area (Å²) in [6.45, 7) is 1.26. The third-order valence-electron chi connectivity index (χ3n) is 1.90. The van der Waals surface area contributed by atoms with Crippen molar-refractivity contribution in [1.82, 2.24) is 16.2 Å². The van der Waals surface area contributed by atoms with Gasteiger partial charge in [-0.2, -0.15) is 0 Å². The zero-order chi connectivity index (χ0) is 14.4. The number of hydrogen-bond acceptors (Lipinski definition) is 5. The van der Waals surface area contributed by atoms with Crippen LogP contribution in [-0.4, -0.2) is 21.9 Å². The van der Waals surface area contributed by atoms with E-state index in [0.717, 1.165) is 6.07 Å². The second kappa shape index (κ2) is 6.40. The minimum absolute atomic E-state index is 0.0775. The van der Waals surface area contributed by atoms with Gasteiger partial charge in [0.05, 0.1) is 4.92 Å².